The van der Waals surface area contributed by atoms with Crippen molar-refractivity contribution in [3.05, 3.63) is 33.9 Å². The first kappa shape index (κ1) is 14.4. The fourth-order valence-corrected chi connectivity index (χ4v) is 1.63. The second kappa shape index (κ2) is 5.82. The minimum Gasteiger partial charge on any atom is -0.480 e. The summed E-state index contributed by atoms with van der Waals surface area (Å²) in [4.78, 5) is 21.4. The molecule has 0 aliphatic rings. The van der Waals surface area contributed by atoms with Gasteiger partial charge in [0.15, 0.2) is 0 Å². The molecule has 0 saturated heterocycles. The molecule has 0 spiro atoms. The lowest BCUT2D eigenvalue weighted by molar-refractivity contribution is -0.384. The molecule has 1 unspecified atom stereocenters. The Kier molecular flexibility index (Phi) is 4.42. The van der Waals surface area contributed by atoms with Gasteiger partial charge < -0.3 is 10.4 Å². The normalized spacial score (nSPS) is 11.7. The number of hydrogen-bond acceptors (Lipinski definition) is 5. The van der Waals surface area contributed by atoms with Crippen molar-refractivity contribution in [1.29, 1.82) is 5.26 Å². The third-order valence-electron chi connectivity index (χ3n) is 2.58. The quantitative estimate of drug-likeness (QED) is 0.619. The molecule has 1 atom stereocenters. The SMILES string of the molecule is CC(C)C(Nc1cccc(C#N)c1[N+](=O)[O-])C(=O)O. The lowest BCUT2D eigenvalue weighted by Gasteiger charge is -2.19. The zero-order valence-electron chi connectivity index (χ0n) is 10.5. The molecule has 1 aromatic rings. The van der Waals surface area contributed by atoms with Gasteiger partial charge in [0.2, 0.25) is 0 Å². The van der Waals surface area contributed by atoms with Crippen LogP contribution in [-0.4, -0.2) is 22.0 Å². The van der Waals surface area contributed by atoms with Crippen LogP contribution < -0.4 is 5.32 Å². The Morgan fingerprint density at radius 1 is 1.53 bits per heavy atom. The van der Waals surface area contributed by atoms with E-state index >= 15 is 0 Å². The van der Waals surface area contributed by atoms with Crippen molar-refractivity contribution in [2.45, 2.75) is 19.9 Å². The third kappa shape index (κ3) is 3.19. The van der Waals surface area contributed by atoms with Crippen LogP contribution in [0.5, 0.6) is 0 Å². The van der Waals surface area contributed by atoms with Crippen molar-refractivity contribution in [2.24, 2.45) is 5.92 Å². The largest absolute Gasteiger partial charge is 0.480 e. The van der Waals surface area contributed by atoms with Crippen molar-refractivity contribution in [3.63, 3.8) is 0 Å². The number of nitriles is 1. The first-order valence-corrected chi connectivity index (χ1v) is 5.55. The van der Waals surface area contributed by atoms with E-state index in [9.17, 15) is 14.9 Å². The van der Waals surface area contributed by atoms with Crippen LogP contribution in [0.25, 0.3) is 0 Å². The number of aliphatic carboxylic acids is 1. The Hall–Kier alpha value is -2.62. The molecule has 0 heterocycles. The van der Waals surface area contributed by atoms with Crippen LogP contribution in [0.2, 0.25) is 0 Å². The Balaban J connectivity index is 3.25. The highest BCUT2D eigenvalue weighted by molar-refractivity contribution is 5.80. The summed E-state index contributed by atoms with van der Waals surface area (Å²) in [6.45, 7) is 3.37. The number of nitro groups is 1. The molecule has 7 nitrogen and oxygen atoms in total. The number of rotatable bonds is 5. The van der Waals surface area contributed by atoms with Crippen LogP contribution in [-0.2, 0) is 4.79 Å². The number of nitrogens with one attached hydrogen (secondary N) is 1. The van der Waals surface area contributed by atoms with E-state index in [1.54, 1.807) is 19.9 Å². The zero-order chi connectivity index (χ0) is 14.6. The van der Waals surface area contributed by atoms with Gasteiger partial charge in [0.05, 0.1) is 4.92 Å². The van der Waals surface area contributed by atoms with Crippen LogP contribution in [0.15, 0.2) is 18.2 Å². The van der Waals surface area contributed by atoms with Gasteiger partial charge in [-0.1, -0.05) is 19.9 Å². The summed E-state index contributed by atoms with van der Waals surface area (Å²) in [5, 5.41) is 31.5. The number of carbonyl (C=O) groups is 1. The highest BCUT2D eigenvalue weighted by Gasteiger charge is 2.26. The topological polar surface area (TPSA) is 116 Å². The first-order valence-electron chi connectivity index (χ1n) is 5.55. The van der Waals surface area contributed by atoms with Crippen molar-refractivity contribution in [1.82, 2.24) is 0 Å². The fourth-order valence-electron chi connectivity index (χ4n) is 1.63. The Morgan fingerprint density at radius 2 is 2.16 bits per heavy atom. The number of nitrogens with zero attached hydrogens (tertiary/aromatic N) is 2. The summed E-state index contributed by atoms with van der Waals surface area (Å²) >= 11 is 0. The van der Waals surface area contributed by atoms with E-state index in [2.05, 4.69) is 5.32 Å². The summed E-state index contributed by atoms with van der Waals surface area (Å²) in [5.41, 5.74) is -0.482. The number of carboxylic acid groups (broad SMARTS) is 1. The average Bonchev–Trinajstić information content (AvgIpc) is 2.34. The predicted molar refractivity (Wildman–Crippen MR) is 67.7 cm³/mol. The molecule has 0 saturated carbocycles. The van der Waals surface area contributed by atoms with Crippen molar-refractivity contribution < 1.29 is 14.8 Å². The number of nitro benzene ring substituents is 1. The maximum Gasteiger partial charge on any atom is 0.326 e. The minimum absolute atomic E-state index is 0.0325. The zero-order valence-corrected chi connectivity index (χ0v) is 10.5. The first-order chi connectivity index (χ1) is 8.88. The number of carboxylic acids is 1. The molecule has 1 aromatic carbocycles. The molecule has 0 aliphatic carbocycles. The molecule has 0 bridgehead atoms. The summed E-state index contributed by atoms with van der Waals surface area (Å²) in [7, 11) is 0. The smallest absolute Gasteiger partial charge is 0.326 e. The molecule has 7 heteroatoms. The highest BCUT2D eigenvalue weighted by atomic mass is 16.6. The maximum absolute atomic E-state index is 11.1. The Morgan fingerprint density at radius 3 is 2.58 bits per heavy atom. The molecule has 1 rings (SSSR count). The molecule has 0 fully saturated rings. The van der Waals surface area contributed by atoms with Crippen molar-refractivity contribution >= 4 is 17.3 Å². The van der Waals surface area contributed by atoms with E-state index in [-0.39, 0.29) is 17.2 Å². The second-order valence-corrected chi connectivity index (χ2v) is 4.27. The lowest BCUT2D eigenvalue weighted by Crippen LogP contribution is -2.34. The molecule has 100 valence electrons. The van der Waals surface area contributed by atoms with Crippen LogP contribution in [0, 0.1) is 27.4 Å². The molecular weight excluding hydrogens is 250 g/mol. The van der Waals surface area contributed by atoms with Gasteiger partial charge in [0.25, 0.3) is 0 Å². The van der Waals surface area contributed by atoms with Gasteiger partial charge in [0.1, 0.15) is 23.4 Å². The van der Waals surface area contributed by atoms with Gasteiger partial charge in [-0.3, -0.25) is 10.1 Å². The second-order valence-electron chi connectivity index (χ2n) is 4.27. The van der Waals surface area contributed by atoms with E-state index in [4.69, 9.17) is 10.4 Å². The number of hydrogen-bond donors (Lipinski definition) is 2. The molecule has 0 aliphatic heterocycles. The molecule has 0 amide bonds. The van der Waals surface area contributed by atoms with Crippen LogP contribution in [0.4, 0.5) is 11.4 Å². The van der Waals surface area contributed by atoms with Gasteiger partial charge in [-0.25, -0.2) is 4.79 Å². The van der Waals surface area contributed by atoms with Crippen molar-refractivity contribution in [3.8, 4) is 6.07 Å². The van der Waals surface area contributed by atoms with Crippen LogP contribution in [0.3, 0.4) is 0 Å². The summed E-state index contributed by atoms with van der Waals surface area (Å²) in [6.07, 6.45) is 0. The summed E-state index contributed by atoms with van der Waals surface area (Å²) < 4.78 is 0. The van der Waals surface area contributed by atoms with Crippen LogP contribution in [0.1, 0.15) is 19.4 Å². The van der Waals surface area contributed by atoms with Gasteiger partial charge in [0, 0.05) is 0 Å². The van der Waals surface area contributed by atoms with E-state index in [1.165, 1.54) is 18.2 Å². The molecule has 0 aromatic heterocycles. The monoisotopic (exact) mass is 263 g/mol. The lowest BCUT2D eigenvalue weighted by atomic mass is 10.0. The van der Waals surface area contributed by atoms with Gasteiger partial charge in [-0.2, -0.15) is 5.26 Å². The van der Waals surface area contributed by atoms with E-state index < -0.39 is 22.6 Å². The van der Waals surface area contributed by atoms with E-state index in [0.29, 0.717) is 0 Å². The van der Waals surface area contributed by atoms with Gasteiger partial charge in [-0.15, -0.1) is 0 Å². The van der Waals surface area contributed by atoms with E-state index in [0.717, 1.165) is 0 Å². The number of para-hydroxylation sites is 1. The predicted octanol–water partition coefficient (Wildman–Crippen LogP) is 1.99. The Bertz CT molecular complexity index is 548. The molecular formula is C12H13N3O4. The van der Waals surface area contributed by atoms with Gasteiger partial charge in [-0.05, 0) is 18.1 Å². The third-order valence-corrected chi connectivity index (χ3v) is 2.58. The summed E-state index contributed by atoms with van der Waals surface area (Å²) in [5.74, 6) is -1.37. The molecule has 0 radical (unpaired) electrons. The standard InChI is InChI=1S/C12H13N3O4/c1-7(2)10(12(16)17)14-9-5-3-4-8(6-13)11(9)15(18)19/h3-5,7,10,14H,1-2H3,(H,16,17). The number of benzene rings is 1. The highest BCUT2D eigenvalue weighted by Crippen LogP contribution is 2.29. The minimum atomic E-state index is -1.10. The van der Waals surface area contributed by atoms with Crippen molar-refractivity contribution in [2.75, 3.05) is 5.32 Å². The van der Waals surface area contributed by atoms with E-state index in [1.807, 2.05) is 0 Å². The average molecular weight is 263 g/mol. The number of anilines is 1. The Labute approximate surface area is 109 Å². The van der Waals surface area contributed by atoms with Crippen LogP contribution >= 0.6 is 0 Å². The molecule has 2 N–H and O–H groups in total. The van der Waals surface area contributed by atoms with Gasteiger partial charge >= 0.3 is 11.7 Å². The summed E-state index contributed by atoms with van der Waals surface area (Å²) in [6, 6.07) is 4.92. The molecule has 19 heavy (non-hydrogen) atoms. The fraction of sp³-hybridized carbons (Fsp3) is 0.333. The maximum atomic E-state index is 11.1.